The molecule has 3 aromatic rings. The molecule has 0 aliphatic heterocycles. The van der Waals surface area contributed by atoms with Gasteiger partial charge in [0.25, 0.3) is 0 Å². The molecule has 0 spiro atoms. The van der Waals surface area contributed by atoms with Gasteiger partial charge in [0.1, 0.15) is 17.1 Å². The van der Waals surface area contributed by atoms with Gasteiger partial charge in [0.15, 0.2) is 5.82 Å². The lowest BCUT2D eigenvalue weighted by Crippen LogP contribution is -2.10. The second-order valence-corrected chi connectivity index (χ2v) is 6.52. The van der Waals surface area contributed by atoms with Crippen molar-refractivity contribution >= 4 is 23.2 Å². The molecule has 152 valence electrons. The summed E-state index contributed by atoms with van der Waals surface area (Å²) >= 11 is 0. The summed E-state index contributed by atoms with van der Waals surface area (Å²) in [7, 11) is 4.86. The fourth-order valence-electron chi connectivity index (χ4n) is 3.24. The van der Waals surface area contributed by atoms with Crippen molar-refractivity contribution in [1.82, 2.24) is 9.78 Å². The van der Waals surface area contributed by atoms with Gasteiger partial charge in [0.05, 0.1) is 31.2 Å². The van der Waals surface area contributed by atoms with E-state index in [1.54, 1.807) is 17.9 Å². The molecule has 0 unspecified atom stereocenters. The Labute approximate surface area is 170 Å². The minimum absolute atomic E-state index is 0.402. The third-order valence-corrected chi connectivity index (χ3v) is 4.69. The number of aromatic nitrogens is 2. The monoisotopic (exact) mass is 394 g/mol. The predicted molar refractivity (Wildman–Crippen MR) is 115 cm³/mol. The number of benzene rings is 2. The fourth-order valence-corrected chi connectivity index (χ4v) is 3.24. The standard InChI is InChI=1S/C22H26N4O3/c1-6-16-20(23-3)21(26(25-16)18-9-7-8-10-19(18)28-4)24-17-12-11-14(2)13-15(17)22(27)29-5/h7-13,23-24H,6H2,1-5H3. The first-order valence-corrected chi connectivity index (χ1v) is 9.43. The molecular formula is C22H26N4O3. The van der Waals surface area contributed by atoms with E-state index in [9.17, 15) is 4.79 Å². The maximum Gasteiger partial charge on any atom is 0.339 e. The normalized spacial score (nSPS) is 10.5. The highest BCUT2D eigenvalue weighted by Gasteiger charge is 2.21. The third-order valence-electron chi connectivity index (χ3n) is 4.69. The minimum atomic E-state index is -0.402. The highest BCUT2D eigenvalue weighted by molar-refractivity contribution is 5.97. The molecule has 1 aromatic heterocycles. The Kier molecular flexibility index (Phi) is 6.07. The first kappa shape index (κ1) is 20.3. The van der Waals surface area contributed by atoms with Crippen LogP contribution in [0.15, 0.2) is 42.5 Å². The van der Waals surface area contributed by atoms with Crippen LogP contribution in [0.1, 0.15) is 28.5 Å². The van der Waals surface area contributed by atoms with E-state index < -0.39 is 5.97 Å². The van der Waals surface area contributed by atoms with Crippen LogP contribution in [0.2, 0.25) is 0 Å². The van der Waals surface area contributed by atoms with E-state index in [0.29, 0.717) is 22.8 Å². The Bertz CT molecular complexity index is 1030. The lowest BCUT2D eigenvalue weighted by Gasteiger charge is -2.16. The first-order valence-electron chi connectivity index (χ1n) is 9.43. The van der Waals surface area contributed by atoms with E-state index in [2.05, 4.69) is 10.6 Å². The van der Waals surface area contributed by atoms with Crippen molar-refractivity contribution in [3.05, 3.63) is 59.3 Å². The summed E-state index contributed by atoms with van der Waals surface area (Å²) in [4.78, 5) is 12.3. The molecule has 0 saturated heterocycles. The van der Waals surface area contributed by atoms with E-state index in [1.165, 1.54) is 7.11 Å². The number of anilines is 3. The number of nitrogens with zero attached hydrogens (tertiary/aromatic N) is 2. The van der Waals surface area contributed by atoms with E-state index in [4.69, 9.17) is 14.6 Å². The maximum atomic E-state index is 12.3. The van der Waals surface area contributed by atoms with Gasteiger partial charge in [-0.1, -0.05) is 30.7 Å². The van der Waals surface area contributed by atoms with Crippen LogP contribution in [-0.2, 0) is 11.2 Å². The molecule has 0 saturated carbocycles. The van der Waals surface area contributed by atoms with Crippen LogP contribution in [0.5, 0.6) is 5.75 Å². The zero-order valence-electron chi connectivity index (χ0n) is 17.4. The van der Waals surface area contributed by atoms with Gasteiger partial charge in [-0.25, -0.2) is 9.48 Å². The van der Waals surface area contributed by atoms with Crippen LogP contribution in [0.3, 0.4) is 0 Å². The number of methoxy groups -OCH3 is 2. The van der Waals surface area contributed by atoms with Crippen LogP contribution in [0.4, 0.5) is 17.2 Å². The third kappa shape index (κ3) is 3.89. The molecule has 2 aromatic carbocycles. The quantitative estimate of drug-likeness (QED) is 0.581. The van der Waals surface area contributed by atoms with Crippen LogP contribution < -0.4 is 15.4 Å². The van der Waals surface area contributed by atoms with Crippen molar-refractivity contribution in [2.75, 3.05) is 31.9 Å². The lowest BCUT2D eigenvalue weighted by atomic mass is 10.1. The van der Waals surface area contributed by atoms with Crippen molar-refractivity contribution in [2.45, 2.75) is 20.3 Å². The Morgan fingerprint density at radius 1 is 1.17 bits per heavy atom. The molecule has 0 amide bonds. The van der Waals surface area contributed by atoms with Crippen molar-refractivity contribution in [2.24, 2.45) is 0 Å². The molecule has 0 atom stereocenters. The molecule has 0 bridgehead atoms. The summed E-state index contributed by atoms with van der Waals surface area (Å²) in [6, 6.07) is 13.3. The summed E-state index contributed by atoms with van der Waals surface area (Å²) in [5.74, 6) is 1.00. The van der Waals surface area contributed by atoms with Crippen molar-refractivity contribution < 1.29 is 14.3 Å². The second-order valence-electron chi connectivity index (χ2n) is 6.52. The highest BCUT2D eigenvalue weighted by Crippen LogP contribution is 2.35. The summed E-state index contributed by atoms with van der Waals surface area (Å²) in [5.41, 5.74) is 4.61. The van der Waals surface area contributed by atoms with E-state index in [-0.39, 0.29) is 0 Å². The predicted octanol–water partition coefficient (Wildman–Crippen LogP) is 4.32. The molecule has 7 heteroatoms. The highest BCUT2D eigenvalue weighted by atomic mass is 16.5. The Morgan fingerprint density at radius 3 is 2.59 bits per heavy atom. The number of hydrogen-bond donors (Lipinski definition) is 2. The number of rotatable bonds is 7. The van der Waals surface area contributed by atoms with Gasteiger partial charge in [-0.2, -0.15) is 5.10 Å². The zero-order chi connectivity index (χ0) is 21.0. The van der Waals surface area contributed by atoms with Crippen molar-refractivity contribution in [1.29, 1.82) is 0 Å². The van der Waals surface area contributed by atoms with Crippen LogP contribution in [-0.4, -0.2) is 37.0 Å². The number of carbonyl (C=O) groups is 1. The average molecular weight is 394 g/mol. The van der Waals surface area contributed by atoms with Gasteiger partial charge in [0.2, 0.25) is 0 Å². The van der Waals surface area contributed by atoms with Gasteiger partial charge >= 0.3 is 5.97 Å². The molecule has 0 aliphatic carbocycles. The summed E-state index contributed by atoms with van der Waals surface area (Å²) in [5, 5.41) is 11.4. The number of ether oxygens (including phenoxy) is 2. The molecule has 29 heavy (non-hydrogen) atoms. The van der Waals surface area contributed by atoms with Crippen LogP contribution >= 0.6 is 0 Å². The van der Waals surface area contributed by atoms with Crippen LogP contribution in [0, 0.1) is 6.92 Å². The topological polar surface area (TPSA) is 77.4 Å². The minimum Gasteiger partial charge on any atom is -0.494 e. The van der Waals surface area contributed by atoms with Gasteiger partial charge in [-0.3, -0.25) is 0 Å². The van der Waals surface area contributed by atoms with E-state index in [0.717, 1.165) is 29.1 Å². The first-order chi connectivity index (χ1) is 14.0. The largest absolute Gasteiger partial charge is 0.494 e. The van der Waals surface area contributed by atoms with Gasteiger partial charge in [0, 0.05) is 7.05 Å². The van der Waals surface area contributed by atoms with Gasteiger partial charge < -0.3 is 20.1 Å². The zero-order valence-corrected chi connectivity index (χ0v) is 17.4. The lowest BCUT2D eigenvalue weighted by molar-refractivity contribution is 0.0602. The Balaban J connectivity index is 2.20. The molecular weight excluding hydrogens is 368 g/mol. The molecule has 3 rings (SSSR count). The smallest absolute Gasteiger partial charge is 0.339 e. The van der Waals surface area contributed by atoms with Crippen LogP contribution in [0.25, 0.3) is 5.69 Å². The Hall–Kier alpha value is -3.48. The molecule has 2 N–H and O–H groups in total. The number of aryl methyl sites for hydroxylation is 2. The van der Waals surface area contributed by atoms with E-state index >= 15 is 0 Å². The van der Waals surface area contributed by atoms with Gasteiger partial charge in [-0.15, -0.1) is 0 Å². The molecule has 1 heterocycles. The fraction of sp³-hybridized carbons (Fsp3) is 0.273. The summed E-state index contributed by atoms with van der Waals surface area (Å²) in [6.45, 7) is 3.98. The van der Waals surface area contributed by atoms with Crippen molar-refractivity contribution in [3.63, 3.8) is 0 Å². The number of carbonyl (C=O) groups excluding carboxylic acids is 1. The average Bonchev–Trinajstić information content (AvgIpc) is 3.11. The number of nitrogens with one attached hydrogen (secondary N) is 2. The number of para-hydroxylation sites is 2. The molecule has 0 aliphatic rings. The number of hydrogen-bond acceptors (Lipinski definition) is 6. The maximum absolute atomic E-state index is 12.3. The SMILES string of the molecule is CCc1nn(-c2ccccc2OC)c(Nc2ccc(C)cc2C(=O)OC)c1NC. The van der Waals surface area contributed by atoms with E-state index in [1.807, 2.05) is 57.3 Å². The molecule has 0 radical (unpaired) electrons. The van der Waals surface area contributed by atoms with Gasteiger partial charge in [-0.05, 0) is 37.6 Å². The van der Waals surface area contributed by atoms with Crippen molar-refractivity contribution in [3.8, 4) is 11.4 Å². The second kappa shape index (κ2) is 8.68. The molecule has 7 nitrogen and oxygen atoms in total. The number of esters is 1. The molecule has 0 fully saturated rings. The summed E-state index contributed by atoms with van der Waals surface area (Å²) in [6.07, 6.45) is 0.741. The Morgan fingerprint density at radius 2 is 1.93 bits per heavy atom. The summed E-state index contributed by atoms with van der Waals surface area (Å²) < 4.78 is 12.3.